The number of urea groups is 1. The van der Waals surface area contributed by atoms with Crippen LogP contribution < -0.4 is 10.6 Å². The molecule has 0 saturated carbocycles. The molecular weight excluding hydrogens is 322 g/mol. The van der Waals surface area contributed by atoms with Crippen LogP contribution in [-0.4, -0.2) is 36.1 Å². The van der Waals surface area contributed by atoms with E-state index in [1.807, 2.05) is 18.2 Å². The summed E-state index contributed by atoms with van der Waals surface area (Å²) in [6.45, 7) is 5.70. The normalized spacial score (nSPS) is 17.4. The second kappa shape index (κ2) is 7.92. The van der Waals surface area contributed by atoms with Gasteiger partial charge in [-0.2, -0.15) is 0 Å². The first kappa shape index (κ1) is 18.5. The summed E-state index contributed by atoms with van der Waals surface area (Å²) in [6, 6.07) is 19.0. The van der Waals surface area contributed by atoms with Crippen LogP contribution in [0.15, 0.2) is 54.6 Å². The van der Waals surface area contributed by atoms with Crippen molar-refractivity contribution in [2.45, 2.75) is 44.8 Å². The Morgan fingerprint density at radius 2 is 1.73 bits per heavy atom. The van der Waals surface area contributed by atoms with Gasteiger partial charge in [0.25, 0.3) is 0 Å². The van der Waals surface area contributed by atoms with Crippen LogP contribution in [0.3, 0.4) is 0 Å². The van der Waals surface area contributed by atoms with Crippen molar-refractivity contribution in [2.24, 2.45) is 0 Å². The zero-order chi connectivity index (χ0) is 18.6. The molecule has 2 N–H and O–H groups in total. The molecule has 2 amide bonds. The molecule has 0 spiro atoms. The van der Waals surface area contributed by atoms with Crippen molar-refractivity contribution in [3.05, 3.63) is 71.3 Å². The molecule has 2 aromatic carbocycles. The minimum atomic E-state index is -0.295. The third kappa shape index (κ3) is 4.85. The lowest BCUT2D eigenvalue weighted by molar-refractivity contribution is 0.200. The molecule has 1 atom stereocenters. The van der Waals surface area contributed by atoms with Crippen LogP contribution in [0, 0.1) is 0 Å². The summed E-state index contributed by atoms with van der Waals surface area (Å²) in [5.74, 6) is 0. The van der Waals surface area contributed by atoms with E-state index >= 15 is 0 Å². The lowest BCUT2D eigenvalue weighted by Gasteiger charge is -2.34. The maximum atomic E-state index is 12.4. The number of rotatable bonds is 5. The number of benzene rings is 2. The first-order valence-electron chi connectivity index (χ1n) is 9.30. The Labute approximate surface area is 156 Å². The van der Waals surface area contributed by atoms with Gasteiger partial charge in [0.1, 0.15) is 0 Å². The zero-order valence-corrected chi connectivity index (χ0v) is 16.0. The summed E-state index contributed by atoms with van der Waals surface area (Å²) in [6.07, 6.45) is 1.78. The summed E-state index contributed by atoms with van der Waals surface area (Å²) >= 11 is 0. The van der Waals surface area contributed by atoms with Gasteiger partial charge in [-0.25, -0.2) is 4.79 Å². The largest absolute Gasteiger partial charge is 0.337 e. The van der Waals surface area contributed by atoms with Crippen LogP contribution in [0.1, 0.15) is 30.5 Å². The molecule has 0 fully saturated rings. The highest BCUT2D eigenvalue weighted by molar-refractivity contribution is 5.74. The first-order chi connectivity index (χ1) is 12.4. The highest BCUT2D eigenvalue weighted by atomic mass is 16.2. The molecule has 1 heterocycles. The third-order valence-electron chi connectivity index (χ3n) is 5.06. The van der Waals surface area contributed by atoms with Crippen molar-refractivity contribution in [3.8, 4) is 0 Å². The van der Waals surface area contributed by atoms with Gasteiger partial charge in [-0.05, 0) is 50.4 Å². The second-order valence-electron chi connectivity index (χ2n) is 7.92. The lowest BCUT2D eigenvalue weighted by atomic mass is 9.94. The lowest BCUT2D eigenvalue weighted by Crippen LogP contribution is -2.53. The standard InChI is InChI=1S/C22H29N3O/c1-22(2,14-17-9-5-4-6-10-17)24-21(26)23-15-20-13-18-11-7-8-12-19(18)16-25(20)3/h4-12,20H,13-16H2,1-3H3,(H2,23,24,26)/t20-/m0/s1. The molecule has 1 aliphatic heterocycles. The van der Waals surface area contributed by atoms with Crippen LogP contribution >= 0.6 is 0 Å². The number of nitrogens with one attached hydrogen (secondary N) is 2. The van der Waals surface area contributed by atoms with Gasteiger partial charge in [0.05, 0.1) is 0 Å². The van der Waals surface area contributed by atoms with Crippen molar-refractivity contribution >= 4 is 6.03 Å². The van der Waals surface area contributed by atoms with Crippen molar-refractivity contribution in [2.75, 3.05) is 13.6 Å². The maximum Gasteiger partial charge on any atom is 0.315 e. The Balaban J connectivity index is 1.51. The second-order valence-corrected chi connectivity index (χ2v) is 7.92. The first-order valence-corrected chi connectivity index (χ1v) is 9.30. The molecule has 4 nitrogen and oxygen atoms in total. The van der Waals surface area contributed by atoms with E-state index in [1.54, 1.807) is 0 Å². The highest BCUT2D eigenvalue weighted by Crippen LogP contribution is 2.21. The minimum Gasteiger partial charge on any atom is -0.337 e. The molecule has 0 saturated heterocycles. The molecule has 0 aromatic heterocycles. The molecular formula is C22H29N3O. The van der Waals surface area contributed by atoms with Crippen LogP contribution in [0.2, 0.25) is 0 Å². The van der Waals surface area contributed by atoms with Gasteiger partial charge < -0.3 is 10.6 Å². The van der Waals surface area contributed by atoms with Gasteiger partial charge in [0, 0.05) is 24.7 Å². The smallest absolute Gasteiger partial charge is 0.315 e. The number of fused-ring (bicyclic) bond motifs is 1. The highest BCUT2D eigenvalue weighted by Gasteiger charge is 2.25. The fourth-order valence-corrected chi connectivity index (χ4v) is 3.66. The number of likely N-dealkylation sites (N-methyl/N-ethyl adjacent to an activating group) is 1. The van der Waals surface area contributed by atoms with E-state index in [-0.39, 0.29) is 11.6 Å². The fourth-order valence-electron chi connectivity index (χ4n) is 3.66. The monoisotopic (exact) mass is 351 g/mol. The summed E-state index contributed by atoms with van der Waals surface area (Å²) in [7, 11) is 2.12. The van der Waals surface area contributed by atoms with E-state index in [4.69, 9.17) is 0 Å². The topological polar surface area (TPSA) is 44.4 Å². The Morgan fingerprint density at radius 1 is 1.08 bits per heavy atom. The predicted octanol–water partition coefficient (Wildman–Crippen LogP) is 3.36. The van der Waals surface area contributed by atoms with Crippen LogP contribution in [0.25, 0.3) is 0 Å². The van der Waals surface area contributed by atoms with Crippen LogP contribution in [-0.2, 0) is 19.4 Å². The Hall–Kier alpha value is -2.33. The molecule has 26 heavy (non-hydrogen) atoms. The number of amides is 2. The van der Waals surface area contributed by atoms with E-state index < -0.39 is 0 Å². The molecule has 1 aliphatic rings. The molecule has 2 aromatic rings. The van der Waals surface area contributed by atoms with Crippen molar-refractivity contribution < 1.29 is 4.79 Å². The van der Waals surface area contributed by atoms with Crippen LogP contribution in [0.5, 0.6) is 0 Å². The number of hydrogen-bond donors (Lipinski definition) is 2. The van der Waals surface area contributed by atoms with Gasteiger partial charge in [-0.15, -0.1) is 0 Å². The van der Waals surface area contributed by atoms with E-state index in [2.05, 4.69) is 72.8 Å². The quantitative estimate of drug-likeness (QED) is 0.867. The number of carbonyl (C=O) groups excluding carboxylic acids is 1. The minimum absolute atomic E-state index is 0.0989. The van der Waals surface area contributed by atoms with Gasteiger partial charge in [0.15, 0.2) is 0 Å². The predicted molar refractivity (Wildman–Crippen MR) is 106 cm³/mol. The van der Waals surface area contributed by atoms with Crippen LogP contribution in [0.4, 0.5) is 4.79 Å². The fraction of sp³-hybridized carbons (Fsp3) is 0.409. The molecule has 0 bridgehead atoms. The number of hydrogen-bond acceptors (Lipinski definition) is 2. The maximum absolute atomic E-state index is 12.4. The Morgan fingerprint density at radius 3 is 2.46 bits per heavy atom. The van der Waals surface area contributed by atoms with Crippen molar-refractivity contribution in [3.63, 3.8) is 0 Å². The van der Waals surface area contributed by atoms with Gasteiger partial charge in [-0.1, -0.05) is 54.6 Å². The van der Waals surface area contributed by atoms with Gasteiger partial charge in [0.2, 0.25) is 0 Å². The van der Waals surface area contributed by atoms with E-state index in [0.717, 1.165) is 19.4 Å². The average Bonchev–Trinajstić information content (AvgIpc) is 2.60. The summed E-state index contributed by atoms with van der Waals surface area (Å²) in [5.41, 5.74) is 3.71. The Bertz CT molecular complexity index is 742. The molecule has 138 valence electrons. The van der Waals surface area contributed by atoms with E-state index in [9.17, 15) is 4.79 Å². The van der Waals surface area contributed by atoms with Gasteiger partial charge in [-0.3, -0.25) is 4.90 Å². The van der Waals surface area contributed by atoms with E-state index in [1.165, 1.54) is 16.7 Å². The summed E-state index contributed by atoms with van der Waals surface area (Å²) < 4.78 is 0. The van der Waals surface area contributed by atoms with Crippen molar-refractivity contribution in [1.82, 2.24) is 15.5 Å². The molecule has 4 heteroatoms. The van der Waals surface area contributed by atoms with E-state index in [0.29, 0.717) is 12.6 Å². The Kier molecular flexibility index (Phi) is 5.62. The SMILES string of the molecule is CN1Cc2ccccc2C[C@H]1CNC(=O)NC(C)(C)Cc1ccccc1. The van der Waals surface area contributed by atoms with Crippen molar-refractivity contribution in [1.29, 1.82) is 0 Å². The molecule has 3 rings (SSSR count). The third-order valence-corrected chi connectivity index (χ3v) is 5.06. The summed E-state index contributed by atoms with van der Waals surface area (Å²) in [4.78, 5) is 14.7. The summed E-state index contributed by atoms with van der Waals surface area (Å²) in [5, 5.41) is 6.17. The molecule has 0 aliphatic carbocycles. The zero-order valence-electron chi connectivity index (χ0n) is 16.0. The number of carbonyl (C=O) groups is 1. The number of nitrogens with zero attached hydrogens (tertiary/aromatic N) is 1. The average molecular weight is 351 g/mol. The van der Waals surface area contributed by atoms with Gasteiger partial charge >= 0.3 is 6.03 Å². The molecule has 0 unspecified atom stereocenters. The molecule has 0 radical (unpaired) electrons.